The van der Waals surface area contributed by atoms with Crippen LogP contribution in [-0.2, 0) is 53.3 Å². The first-order valence-corrected chi connectivity index (χ1v) is 19.0. The standard InChI is InChI=1S/2C24H16NO.C4H4N2.2Pt/c2*26-24(23-16-8-15-22(25-23)17-9-2-1-3-10-17)20-13-6-4-11-18(20)19-12-5-7-14-21(19)24;1-2-6-4-3-5-1;;/h2*1-9,11-16,26H;1-4H;;/q2*-1;;;. The van der Waals surface area contributed by atoms with Gasteiger partial charge in [0.25, 0.3) is 0 Å². The number of pyridine rings is 2. The van der Waals surface area contributed by atoms with Crippen LogP contribution < -0.4 is 0 Å². The van der Waals surface area contributed by atoms with Gasteiger partial charge >= 0.3 is 0 Å². The third-order valence-corrected chi connectivity index (χ3v) is 10.5. The van der Waals surface area contributed by atoms with E-state index in [2.05, 4.69) is 46.4 Å². The van der Waals surface area contributed by atoms with E-state index in [1.165, 1.54) is 0 Å². The Morgan fingerprint density at radius 3 is 0.967 bits per heavy atom. The zero-order valence-electron chi connectivity index (χ0n) is 31.9. The number of benzene rings is 6. The van der Waals surface area contributed by atoms with Crippen molar-refractivity contribution in [2.75, 3.05) is 0 Å². The van der Waals surface area contributed by atoms with Gasteiger partial charge in [0.15, 0.2) is 11.2 Å². The maximum atomic E-state index is 11.9. The second-order valence-electron chi connectivity index (χ2n) is 13.9. The van der Waals surface area contributed by atoms with E-state index in [1.54, 1.807) is 24.8 Å². The molecule has 6 nitrogen and oxygen atoms in total. The fraction of sp³-hybridized carbons (Fsp3) is 0.0385. The molecule has 0 atom stereocenters. The van der Waals surface area contributed by atoms with Gasteiger partial charge in [0.1, 0.15) is 0 Å². The second-order valence-corrected chi connectivity index (χ2v) is 13.9. The molecule has 0 unspecified atom stereocenters. The van der Waals surface area contributed by atoms with E-state index in [1.807, 2.05) is 158 Å². The number of aliphatic hydroxyl groups is 2. The fourth-order valence-electron chi connectivity index (χ4n) is 7.91. The zero-order valence-corrected chi connectivity index (χ0v) is 36.5. The van der Waals surface area contributed by atoms with Crippen molar-refractivity contribution in [3.8, 4) is 44.8 Å². The van der Waals surface area contributed by atoms with Crippen LogP contribution in [0.4, 0.5) is 0 Å². The molecule has 2 aliphatic carbocycles. The fourth-order valence-corrected chi connectivity index (χ4v) is 7.91. The van der Waals surface area contributed by atoms with E-state index in [9.17, 15) is 10.2 Å². The van der Waals surface area contributed by atoms with Crippen LogP contribution in [0.15, 0.2) is 207 Å². The second kappa shape index (κ2) is 18.5. The van der Waals surface area contributed by atoms with Gasteiger partial charge in [-0.3, -0.25) is 19.9 Å². The van der Waals surface area contributed by atoms with E-state index in [4.69, 9.17) is 9.97 Å². The SMILES string of the molecule is OC1(c2cccc(-c3[c-]cccc3)n2)c2ccccc2-c2ccccc21.OC1(c2cccc(-c3[c-]cccc3)n2)c2ccccc2-c2ccccc21.[Pt].[Pt].c1cnccn1. The van der Waals surface area contributed by atoms with Crippen LogP contribution >= 0.6 is 0 Å². The van der Waals surface area contributed by atoms with Crippen molar-refractivity contribution >= 4 is 0 Å². The predicted octanol–water partition coefficient (Wildman–Crippen LogP) is 10.1. The Morgan fingerprint density at radius 1 is 0.350 bits per heavy atom. The van der Waals surface area contributed by atoms with Gasteiger partial charge in [0, 0.05) is 89.2 Å². The van der Waals surface area contributed by atoms with Gasteiger partial charge < -0.3 is 10.2 Å². The molecule has 11 rings (SSSR count). The summed E-state index contributed by atoms with van der Waals surface area (Å²) < 4.78 is 0. The van der Waals surface area contributed by atoms with Crippen LogP contribution in [0.2, 0.25) is 0 Å². The minimum absolute atomic E-state index is 0. The molecule has 0 saturated heterocycles. The van der Waals surface area contributed by atoms with Crippen LogP contribution in [0.1, 0.15) is 33.6 Å². The molecule has 3 aromatic heterocycles. The number of rotatable bonds is 4. The van der Waals surface area contributed by atoms with E-state index in [0.29, 0.717) is 11.4 Å². The Kier molecular flexibility index (Phi) is 13.0. The minimum atomic E-state index is -1.25. The third-order valence-electron chi connectivity index (χ3n) is 10.5. The van der Waals surface area contributed by atoms with Gasteiger partial charge in [0.2, 0.25) is 0 Å². The molecule has 298 valence electrons. The monoisotopic (exact) mass is 1140 g/mol. The van der Waals surface area contributed by atoms with Crippen molar-refractivity contribution in [3.63, 3.8) is 0 Å². The molecule has 0 saturated carbocycles. The zero-order chi connectivity index (χ0) is 39.4. The topological polar surface area (TPSA) is 92.0 Å². The van der Waals surface area contributed by atoms with Crippen LogP contribution in [0.25, 0.3) is 44.8 Å². The van der Waals surface area contributed by atoms with Gasteiger partial charge in [-0.2, -0.15) is 0 Å². The smallest absolute Gasteiger partial charge is 0.157 e. The summed E-state index contributed by atoms with van der Waals surface area (Å²) in [4.78, 5) is 17.1. The summed E-state index contributed by atoms with van der Waals surface area (Å²) in [5, 5.41) is 23.7. The third kappa shape index (κ3) is 7.76. The van der Waals surface area contributed by atoms with Crippen molar-refractivity contribution < 1.29 is 52.3 Å². The van der Waals surface area contributed by atoms with E-state index in [-0.39, 0.29) is 42.1 Å². The summed E-state index contributed by atoms with van der Waals surface area (Å²) in [5.74, 6) is 0. The average molecular weight is 1140 g/mol. The maximum Gasteiger partial charge on any atom is 0.157 e. The summed E-state index contributed by atoms with van der Waals surface area (Å²) in [6, 6.07) is 65.5. The van der Waals surface area contributed by atoms with Crippen molar-refractivity contribution in [2.45, 2.75) is 11.2 Å². The molecule has 9 aromatic rings. The van der Waals surface area contributed by atoms with E-state index >= 15 is 0 Å². The van der Waals surface area contributed by atoms with Gasteiger partial charge in [0.05, 0.1) is 11.4 Å². The summed E-state index contributed by atoms with van der Waals surface area (Å²) in [6.07, 6.45) is 6.56. The Morgan fingerprint density at radius 2 is 0.667 bits per heavy atom. The predicted molar refractivity (Wildman–Crippen MR) is 227 cm³/mol. The quantitative estimate of drug-likeness (QED) is 0.171. The number of fused-ring (bicyclic) bond motifs is 6. The Labute approximate surface area is 378 Å². The molecule has 2 aliphatic rings. The van der Waals surface area contributed by atoms with Crippen molar-refractivity contribution in [1.82, 2.24) is 19.9 Å². The van der Waals surface area contributed by atoms with Crippen molar-refractivity contribution in [1.29, 1.82) is 0 Å². The molecule has 6 aromatic carbocycles. The van der Waals surface area contributed by atoms with Crippen LogP contribution in [0, 0.1) is 12.1 Å². The van der Waals surface area contributed by atoms with Gasteiger partial charge in [-0.1, -0.05) is 121 Å². The van der Waals surface area contributed by atoms with Gasteiger partial charge in [-0.25, -0.2) is 0 Å². The van der Waals surface area contributed by atoms with Gasteiger partial charge in [-0.15, -0.1) is 71.8 Å². The normalized spacial score (nSPS) is 12.8. The van der Waals surface area contributed by atoms with Crippen LogP contribution in [0.3, 0.4) is 0 Å². The molecular weight excluding hydrogens is 1100 g/mol. The first-order valence-electron chi connectivity index (χ1n) is 19.0. The first-order chi connectivity index (χ1) is 28.6. The van der Waals surface area contributed by atoms with E-state index < -0.39 is 11.2 Å². The molecule has 0 radical (unpaired) electrons. The summed E-state index contributed by atoms with van der Waals surface area (Å²) in [5.41, 5.74) is 9.94. The van der Waals surface area contributed by atoms with Gasteiger partial charge in [-0.05, 0) is 45.8 Å². The molecule has 8 heteroatoms. The summed E-state index contributed by atoms with van der Waals surface area (Å²) in [6.45, 7) is 0. The number of nitrogens with zero attached hydrogens (tertiary/aromatic N) is 4. The van der Waals surface area contributed by atoms with Crippen LogP contribution in [0.5, 0.6) is 0 Å². The molecule has 60 heavy (non-hydrogen) atoms. The number of hydrogen-bond acceptors (Lipinski definition) is 6. The summed E-state index contributed by atoms with van der Waals surface area (Å²) in [7, 11) is 0. The van der Waals surface area contributed by atoms with Crippen LogP contribution in [-0.4, -0.2) is 30.1 Å². The molecule has 0 aliphatic heterocycles. The Hall–Kier alpha value is -6.00. The Bertz CT molecular complexity index is 2540. The molecule has 0 spiro atoms. The molecule has 3 heterocycles. The average Bonchev–Trinajstić information content (AvgIpc) is 3.74. The van der Waals surface area contributed by atoms with E-state index in [0.717, 1.165) is 67.0 Å². The largest absolute Gasteiger partial charge is 0.374 e. The number of hydrogen-bond donors (Lipinski definition) is 2. The molecule has 0 amide bonds. The van der Waals surface area contributed by atoms with Crippen molar-refractivity contribution in [3.05, 3.63) is 253 Å². The first kappa shape index (κ1) is 42.1. The molecule has 0 fully saturated rings. The number of aromatic nitrogens is 4. The molecule has 2 N–H and O–H groups in total. The summed E-state index contributed by atoms with van der Waals surface area (Å²) >= 11 is 0. The molecular formula is C52H36N4O2Pt2-2. The minimum Gasteiger partial charge on any atom is -0.374 e. The Balaban J connectivity index is 0.000000155. The van der Waals surface area contributed by atoms with Crippen molar-refractivity contribution in [2.24, 2.45) is 0 Å². The maximum absolute atomic E-state index is 11.9. The molecule has 0 bridgehead atoms.